The number of methoxy groups -OCH3 is 2. The maximum atomic E-state index is 11.0. The van der Waals surface area contributed by atoms with Crippen molar-refractivity contribution in [2.24, 2.45) is 4.99 Å². The Balaban J connectivity index is 2.30. The maximum absolute atomic E-state index is 11.0. The number of ether oxygens (including phenoxy) is 2. The highest BCUT2D eigenvalue weighted by Crippen LogP contribution is 2.36. The third-order valence-corrected chi connectivity index (χ3v) is 2.60. The van der Waals surface area contributed by atoms with Gasteiger partial charge in [0.25, 0.3) is 0 Å². The Hall–Kier alpha value is -3.10. The summed E-state index contributed by atoms with van der Waals surface area (Å²) in [4.78, 5) is 15.1. The summed E-state index contributed by atoms with van der Waals surface area (Å²) in [6.07, 6.45) is 1.44. The first kappa shape index (κ1) is 15.3. The number of aliphatic imine (C=N–C) groups is 1. The van der Waals surface area contributed by atoms with Crippen molar-refractivity contribution < 1.29 is 24.0 Å². The van der Waals surface area contributed by atoms with Gasteiger partial charge < -0.3 is 19.9 Å². The van der Waals surface area contributed by atoms with Gasteiger partial charge in [-0.1, -0.05) is 0 Å². The molecule has 2 aromatic rings. The van der Waals surface area contributed by atoms with E-state index in [0.717, 1.165) is 0 Å². The Morgan fingerprint density at radius 3 is 2.50 bits per heavy atom. The molecule has 9 heteroatoms. The topological polar surface area (TPSA) is 119 Å². The Kier molecular flexibility index (Phi) is 4.57. The number of benzene rings is 1. The van der Waals surface area contributed by atoms with Gasteiger partial charge >= 0.3 is 0 Å². The van der Waals surface area contributed by atoms with Gasteiger partial charge in [0.2, 0.25) is 23.3 Å². The van der Waals surface area contributed by atoms with Crippen molar-refractivity contribution in [2.75, 3.05) is 19.5 Å². The van der Waals surface area contributed by atoms with Gasteiger partial charge in [0, 0.05) is 18.7 Å². The standard InChI is InChI=1S/C13H14N4O5/c1-7(18)15-13-12(16-22-17-13)14-6-8-4-9(20-2)11(19)10(5-8)21-3/h4-6,19H,1-3H3,(H,15,17,18). The van der Waals surface area contributed by atoms with E-state index < -0.39 is 0 Å². The van der Waals surface area contributed by atoms with Gasteiger partial charge in [0.15, 0.2) is 11.5 Å². The highest BCUT2D eigenvalue weighted by molar-refractivity contribution is 5.91. The summed E-state index contributed by atoms with van der Waals surface area (Å²) in [6.45, 7) is 1.33. The number of nitrogens with one attached hydrogen (secondary N) is 1. The molecule has 0 saturated heterocycles. The molecule has 0 fully saturated rings. The zero-order valence-corrected chi connectivity index (χ0v) is 12.2. The van der Waals surface area contributed by atoms with E-state index in [1.165, 1.54) is 27.4 Å². The highest BCUT2D eigenvalue weighted by atomic mass is 16.6. The lowest BCUT2D eigenvalue weighted by Crippen LogP contribution is -2.06. The number of rotatable bonds is 5. The molecule has 22 heavy (non-hydrogen) atoms. The second kappa shape index (κ2) is 6.57. The second-order valence-corrected chi connectivity index (χ2v) is 4.15. The Morgan fingerprint density at radius 1 is 1.32 bits per heavy atom. The number of phenols is 1. The van der Waals surface area contributed by atoms with Gasteiger partial charge in [-0.05, 0) is 22.4 Å². The predicted molar refractivity (Wildman–Crippen MR) is 77.1 cm³/mol. The fraction of sp³-hybridized carbons (Fsp3) is 0.231. The molecule has 2 N–H and O–H groups in total. The van der Waals surface area contributed by atoms with E-state index in [0.29, 0.717) is 5.56 Å². The minimum Gasteiger partial charge on any atom is -0.502 e. The first-order chi connectivity index (χ1) is 10.5. The molecule has 0 atom stereocenters. The fourth-order valence-electron chi connectivity index (χ4n) is 1.64. The van der Waals surface area contributed by atoms with Gasteiger partial charge in [-0.15, -0.1) is 0 Å². The van der Waals surface area contributed by atoms with E-state index in [1.54, 1.807) is 12.1 Å². The summed E-state index contributed by atoms with van der Waals surface area (Å²) in [5.41, 5.74) is 0.586. The first-order valence-electron chi connectivity index (χ1n) is 6.14. The molecule has 0 saturated carbocycles. The van der Waals surface area contributed by atoms with Crippen LogP contribution in [0, 0.1) is 0 Å². The van der Waals surface area contributed by atoms with Crippen LogP contribution in [0.5, 0.6) is 17.2 Å². The average Bonchev–Trinajstić information content (AvgIpc) is 2.92. The third-order valence-electron chi connectivity index (χ3n) is 2.60. The van der Waals surface area contributed by atoms with Gasteiger partial charge in [0.1, 0.15) is 0 Å². The molecule has 9 nitrogen and oxygen atoms in total. The smallest absolute Gasteiger partial charge is 0.241 e. The minimum absolute atomic E-state index is 0.107. The van der Waals surface area contributed by atoms with E-state index in [-0.39, 0.29) is 34.8 Å². The molecule has 116 valence electrons. The molecule has 0 unspecified atom stereocenters. The van der Waals surface area contributed by atoms with Gasteiger partial charge in [-0.25, -0.2) is 9.62 Å². The number of carbonyl (C=O) groups excluding carboxylic acids is 1. The number of aromatic hydroxyl groups is 1. The van der Waals surface area contributed by atoms with E-state index in [1.807, 2.05) is 0 Å². The molecule has 0 aliphatic rings. The SMILES string of the molecule is COc1cc(C=Nc2nonc2NC(C)=O)cc(OC)c1O. The number of nitrogens with zero attached hydrogens (tertiary/aromatic N) is 3. The molecule has 1 aromatic carbocycles. The molecule has 2 rings (SSSR count). The van der Waals surface area contributed by atoms with Crippen molar-refractivity contribution in [3.05, 3.63) is 17.7 Å². The van der Waals surface area contributed by atoms with Gasteiger partial charge in [-0.2, -0.15) is 0 Å². The molecular weight excluding hydrogens is 292 g/mol. The largest absolute Gasteiger partial charge is 0.502 e. The van der Waals surface area contributed by atoms with Crippen LogP contribution in [0.25, 0.3) is 0 Å². The lowest BCUT2D eigenvalue weighted by Gasteiger charge is -2.09. The molecule has 1 aromatic heterocycles. The van der Waals surface area contributed by atoms with Crippen LogP contribution in [0.15, 0.2) is 21.8 Å². The van der Waals surface area contributed by atoms with Crippen molar-refractivity contribution in [3.8, 4) is 17.2 Å². The number of anilines is 1. The summed E-state index contributed by atoms with van der Waals surface area (Å²) < 4.78 is 14.6. The molecule has 0 aliphatic carbocycles. The number of phenolic OH excluding ortho intramolecular Hbond substituents is 1. The van der Waals surface area contributed by atoms with Crippen LogP contribution in [0.2, 0.25) is 0 Å². The number of aromatic nitrogens is 2. The summed E-state index contributed by atoms with van der Waals surface area (Å²) in [7, 11) is 2.84. The molecule has 0 spiro atoms. The van der Waals surface area contributed by atoms with Gasteiger partial charge in [-0.3, -0.25) is 4.79 Å². The van der Waals surface area contributed by atoms with Crippen molar-refractivity contribution in [3.63, 3.8) is 0 Å². The van der Waals surface area contributed by atoms with Crippen molar-refractivity contribution in [1.82, 2.24) is 10.3 Å². The Labute approximate surface area is 125 Å². The third kappa shape index (κ3) is 3.32. The molecule has 0 radical (unpaired) electrons. The zero-order valence-electron chi connectivity index (χ0n) is 12.2. The van der Waals surface area contributed by atoms with Crippen LogP contribution in [0.3, 0.4) is 0 Å². The maximum Gasteiger partial charge on any atom is 0.241 e. The molecule has 0 bridgehead atoms. The Bertz CT molecular complexity index is 685. The van der Waals surface area contributed by atoms with Gasteiger partial charge in [0.05, 0.1) is 14.2 Å². The molecule has 1 heterocycles. The summed E-state index contributed by atoms with van der Waals surface area (Å²) in [5, 5.41) is 19.4. The van der Waals surface area contributed by atoms with Crippen LogP contribution in [-0.4, -0.2) is 41.8 Å². The fourth-order valence-corrected chi connectivity index (χ4v) is 1.64. The predicted octanol–water partition coefficient (Wildman–Crippen LogP) is 1.50. The zero-order chi connectivity index (χ0) is 16.1. The number of carbonyl (C=O) groups is 1. The quantitative estimate of drug-likeness (QED) is 0.803. The van der Waals surface area contributed by atoms with Crippen molar-refractivity contribution in [1.29, 1.82) is 0 Å². The number of hydrogen-bond donors (Lipinski definition) is 2. The first-order valence-corrected chi connectivity index (χ1v) is 6.14. The van der Waals surface area contributed by atoms with Crippen LogP contribution in [0.4, 0.5) is 11.6 Å². The lowest BCUT2D eigenvalue weighted by atomic mass is 10.2. The molecule has 0 aliphatic heterocycles. The van der Waals surface area contributed by atoms with Crippen LogP contribution in [0.1, 0.15) is 12.5 Å². The highest BCUT2D eigenvalue weighted by Gasteiger charge is 2.12. The van der Waals surface area contributed by atoms with Crippen molar-refractivity contribution >= 4 is 23.8 Å². The van der Waals surface area contributed by atoms with Crippen LogP contribution in [-0.2, 0) is 4.79 Å². The average molecular weight is 306 g/mol. The van der Waals surface area contributed by atoms with E-state index in [9.17, 15) is 9.90 Å². The summed E-state index contributed by atoms with van der Waals surface area (Å²) in [5.74, 6) is 0.273. The monoisotopic (exact) mass is 306 g/mol. The minimum atomic E-state index is -0.319. The van der Waals surface area contributed by atoms with E-state index in [4.69, 9.17) is 9.47 Å². The van der Waals surface area contributed by atoms with E-state index in [2.05, 4.69) is 25.3 Å². The lowest BCUT2D eigenvalue weighted by molar-refractivity contribution is -0.114. The molecule has 1 amide bonds. The molecular formula is C13H14N4O5. The Morgan fingerprint density at radius 2 is 1.95 bits per heavy atom. The normalized spacial score (nSPS) is 10.7. The van der Waals surface area contributed by atoms with Crippen molar-refractivity contribution in [2.45, 2.75) is 6.92 Å². The number of hydrogen-bond acceptors (Lipinski definition) is 8. The van der Waals surface area contributed by atoms with Crippen LogP contribution >= 0.6 is 0 Å². The summed E-state index contributed by atoms with van der Waals surface area (Å²) >= 11 is 0. The van der Waals surface area contributed by atoms with Crippen LogP contribution < -0.4 is 14.8 Å². The number of amides is 1. The summed E-state index contributed by atoms with van der Waals surface area (Å²) in [6, 6.07) is 3.12. The van der Waals surface area contributed by atoms with E-state index >= 15 is 0 Å². The second-order valence-electron chi connectivity index (χ2n) is 4.15.